The number of amides is 1. The van der Waals surface area contributed by atoms with Crippen LogP contribution in [0, 0.1) is 0 Å². The van der Waals surface area contributed by atoms with Crippen LogP contribution in [0.15, 0.2) is 42.5 Å². The van der Waals surface area contributed by atoms with E-state index in [0.29, 0.717) is 12.5 Å². The molecule has 1 aliphatic rings. The summed E-state index contributed by atoms with van der Waals surface area (Å²) < 4.78 is 0. The van der Waals surface area contributed by atoms with Crippen LogP contribution in [0.4, 0.5) is 0 Å². The fraction of sp³-hybridized carbons (Fsp3) is 0.421. The molecule has 1 amide bonds. The van der Waals surface area contributed by atoms with Gasteiger partial charge in [0.15, 0.2) is 0 Å². The van der Waals surface area contributed by atoms with Crippen molar-refractivity contribution in [3.05, 3.63) is 48.0 Å². The Bertz CT molecular complexity index is 663. The second-order valence-electron chi connectivity index (χ2n) is 6.17. The highest BCUT2D eigenvalue weighted by Gasteiger charge is 2.35. The van der Waals surface area contributed by atoms with Gasteiger partial charge in [-0.1, -0.05) is 36.4 Å². The highest BCUT2D eigenvalue weighted by Crippen LogP contribution is 2.35. The molecular weight excluding hydrogens is 272 g/mol. The molecule has 1 N–H and O–H groups in total. The molecule has 22 heavy (non-hydrogen) atoms. The molecule has 1 fully saturated rings. The van der Waals surface area contributed by atoms with E-state index in [2.05, 4.69) is 59.6 Å². The topological polar surface area (TPSA) is 32.3 Å². The zero-order valence-corrected chi connectivity index (χ0v) is 13.4. The Morgan fingerprint density at radius 3 is 2.64 bits per heavy atom. The minimum Gasteiger partial charge on any atom is -0.333 e. The van der Waals surface area contributed by atoms with Gasteiger partial charge in [0.1, 0.15) is 0 Å². The predicted octanol–water partition coefficient (Wildman–Crippen LogP) is 3.50. The molecule has 1 unspecified atom stereocenters. The Balaban J connectivity index is 1.84. The summed E-state index contributed by atoms with van der Waals surface area (Å²) in [5.74, 6) is 0.262. The van der Waals surface area contributed by atoms with E-state index in [1.165, 1.54) is 16.3 Å². The smallest absolute Gasteiger partial charge is 0.224 e. The third-order valence-electron chi connectivity index (χ3n) is 4.49. The van der Waals surface area contributed by atoms with Crippen LogP contribution in [0.25, 0.3) is 10.8 Å². The van der Waals surface area contributed by atoms with Gasteiger partial charge in [-0.15, -0.1) is 0 Å². The van der Waals surface area contributed by atoms with Gasteiger partial charge in [-0.2, -0.15) is 0 Å². The minimum absolute atomic E-state index is 0.140. The monoisotopic (exact) mass is 296 g/mol. The number of rotatable bonds is 6. The lowest BCUT2D eigenvalue weighted by Crippen LogP contribution is -2.36. The van der Waals surface area contributed by atoms with E-state index in [9.17, 15) is 4.79 Å². The van der Waals surface area contributed by atoms with Crippen molar-refractivity contribution in [1.29, 1.82) is 0 Å². The summed E-state index contributed by atoms with van der Waals surface area (Å²) in [5.41, 5.74) is 1.23. The van der Waals surface area contributed by atoms with Crippen LogP contribution in [0.3, 0.4) is 0 Å². The number of benzene rings is 2. The standard InChI is InChI=1S/C19H24N2O/c1-14(21(18-9-10-18)19(22)11-12-20-2)16-8-7-15-5-3-4-6-17(15)13-16/h3-8,13-14,18,20H,9-12H2,1-2H3. The lowest BCUT2D eigenvalue weighted by atomic mass is 10.0. The molecule has 0 heterocycles. The highest BCUT2D eigenvalue weighted by atomic mass is 16.2. The van der Waals surface area contributed by atoms with E-state index in [1.807, 2.05) is 7.05 Å². The van der Waals surface area contributed by atoms with Gasteiger partial charge < -0.3 is 10.2 Å². The molecule has 0 aromatic heterocycles. The van der Waals surface area contributed by atoms with Crippen molar-refractivity contribution in [3.63, 3.8) is 0 Å². The Kier molecular flexibility index (Phi) is 4.44. The molecule has 1 saturated carbocycles. The summed E-state index contributed by atoms with van der Waals surface area (Å²) in [7, 11) is 1.89. The van der Waals surface area contributed by atoms with Crippen molar-refractivity contribution in [2.75, 3.05) is 13.6 Å². The van der Waals surface area contributed by atoms with E-state index in [1.54, 1.807) is 0 Å². The molecule has 0 bridgehead atoms. The van der Waals surface area contributed by atoms with Crippen LogP contribution in [-0.2, 0) is 4.79 Å². The molecule has 0 aliphatic heterocycles. The first-order valence-corrected chi connectivity index (χ1v) is 8.15. The van der Waals surface area contributed by atoms with Gasteiger partial charge >= 0.3 is 0 Å². The summed E-state index contributed by atoms with van der Waals surface area (Å²) in [6, 6.07) is 15.5. The van der Waals surface area contributed by atoms with Gasteiger partial charge in [0.25, 0.3) is 0 Å². The Morgan fingerprint density at radius 2 is 1.95 bits per heavy atom. The summed E-state index contributed by atoms with van der Waals surface area (Å²) in [6.07, 6.45) is 2.86. The Hall–Kier alpha value is -1.87. The number of carbonyl (C=O) groups excluding carboxylic acids is 1. The molecule has 2 aromatic rings. The van der Waals surface area contributed by atoms with Crippen LogP contribution < -0.4 is 5.32 Å². The van der Waals surface area contributed by atoms with Crippen molar-refractivity contribution in [1.82, 2.24) is 10.2 Å². The first kappa shape index (κ1) is 15.0. The minimum atomic E-state index is 0.140. The average Bonchev–Trinajstić information content (AvgIpc) is 3.37. The number of hydrogen-bond donors (Lipinski definition) is 1. The highest BCUT2D eigenvalue weighted by molar-refractivity contribution is 5.83. The second-order valence-corrected chi connectivity index (χ2v) is 6.17. The van der Waals surface area contributed by atoms with E-state index >= 15 is 0 Å². The zero-order chi connectivity index (χ0) is 15.5. The van der Waals surface area contributed by atoms with Gasteiger partial charge in [-0.05, 0) is 49.2 Å². The van der Waals surface area contributed by atoms with Gasteiger partial charge in [-0.25, -0.2) is 0 Å². The fourth-order valence-corrected chi connectivity index (χ4v) is 3.08. The summed E-state index contributed by atoms with van der Waals surface area (Å²) in [5, 5.41) is 5.56. The summed E-state index contributed by atoms with van der Waals surface area (Å²) >= 11 is 0. The van der Waals surface area contributed by atoms with Crippen molar-refractivity contribution in [2.24, 2.45) is 0 Å². The molecule has 0 spiro atoms. The first-order chi connectivity index (χ1) is 10.7. The predicted molar refractivity (Wildman–Crippen MR) is 90.8 cm³/mol. The molecule has 0 saturated heterocycles. The fourth-order valence-electron chi connectivity index (χ4n) is 3.08. The molecule has 3 nitrogen and oxygen atoms in total. The third-order valence-corrected chi connectivity index (χ3v) is 4.49. The first-order valence-electron chi connectivity index (χ1n) is 8.15. The van der Waals surface area contributed by atoms with Crippen molar-refractivity contribution in [3.8, 4) is 0 Å². The largest absolute Gasteiger partial charge is 0.333 e. The van der Waals surface area contributed by atoms with Crippen LogP contribution in [0.1, 0.15) is 37.8 Å². The van der Waals surface area contributed by atoms with Crippen LogP contribution in [0.5, 0.6) is 0 Å². The lowest BCUT2D eigenvalue weighted by Gasteiger charge is -2.30. The number of nitrogens with zero attached hydrogens (tertiary/aromatic N) is 1. The SMILES string of the molecule is CNCCC(=O)N(C1CC1)C(C)c1ccc2ccccc2c1. The van der Waals surface area contributed by atoms with E-state index < -0.39 is 0 Å². The maximum atomic E-state index is 12.5. The number of nitrogens with one attached hydrogen (secondary N) is 1. The number of fused-ring (bicyclic) bond motifs is 1. The van der Waals surface area contributed by atoms with Crippen molar-refractivity contribution in [2.45, 2.75) is 38.3 Å². The maximum Gasteiger partial charge on any atom is 0.224 e. The van der Waals surface area contributed by atoms with Gasteiger partial charge in [0.2, 0.25) is 5.91 Å². The van der Waals surface area contributed by atoms with Crippen LogP contribution in [0.2, 0.25) is 0 Å². The second kappa shape index (κ2) is 6.49. The van der Waals surface area contributed by atoms with E-state index in [4.69, 9.17) is 0 Å². The Morgan fingerprint density at radius 1 is 1.23 bits per heavy atom. The van der Waals surface area contributed by atoms with Gasteiger partial charge in [0, 0.05) is 19.0 Å². The molecule has 0 radical (unpaired) electrons. The molecule has 3 rings (SSSR count). The number of carbonyl (C=O) groups is 1. The number of hydrogen-bond acceptors (Lipinski definition) is 2. The molecule has 1 aliphatic carbocycles. The molecular formula is C19H24N2O. The lowest BCUT2D eigenvalue weighted by molar-refractivity contribution is -0.133. The normalized spacial score (nSPS) is 15.7. The van der Waals surface area contributed by atoms with Crippen molar-refractivity contribution < 1.29 is 4.79 Å². The summed E-state index contributed by atoms with van der Waals surface area (Å²) in [6.45, 7) is 2.90. The van der Waals surface area contributed by atoms with E-state index in [0.717, 1.165) is 19.4 Å². The molecule has 1 atom stereocenters. The molecule has 3 heteroatoms. The van der Waals surface area contributed by atoms with Gasteiger partial charge in [0.05, 0.1) is 6.04 Å². The van der Waals surface area contributed by atoms with Crippen molar-refractivity contribution >= 4 is 16.7 Å². The maximum absolute atomic E-state index is 12.5. The quantitative estimate of drug-likeness (QED) is 0.885. The zero-order valence-electron chi connectivity index (χ0n) is 13.4. The van der Waals surface area contributed by atoms with Gasteiger partial charge in [-0.3, -0.25) is 4.79 Å². The summed E-state index contributed by atoms with van der Waals surface area (Å²) in [4.78, 5) is 14.6. The third kappa shape index (κ3) is 3.14. The van der Waals surface area contributed by atoms with Crippen LogP contribution in [-0.4, -0.2) is 30.4 Å². The van der Waals surface area contributed by atoms with Crippen LogP contribution >= 0.6 is 0 Å². The molecule has 116 valence electrons. The molecule has 2 aromatic carbocycles. The van der Waals surface area contributed by atoms with E-state index in [-0.39, 0.29) is 11.9 Å². The Labute approximate surface area is 132 Å². The average molecular weight is 296 g/mol.